The first kappa shape index (κ1) is 21.2. The highest BCUT2D eigenvalue weighted by Gasteiger charge is 2.50. The number of carbonyl (C=O) groups is 2. The van der Waals surface area contributed by atoms with Crippen LogP contribution in [0.2, 0.25) is 5.02 Å². The molecule has 2 saturated heterocycles. The normalized spacial score (nSPS) is 20.1. The first-order chi connectivity index (χ1) is 14.8. The standard InChI is InChI=1S/C24H24ClN3O3/c1-24(2)22(31-19-8-9-21(26-3)20(25)14-19)15-28(24)23(30)16-4-6-17(7-5-16)27-12-10-18(29)11-13-27/h4-9,14,22H,10-13,15H2,1-2H3/t22-/m0/s1. The van der Waals surface area contributed by atoms with Gasteiger partial charge < -0.3 is 14.5 Å². The molecule has 6 nitrogen and oxygen atoms in total. The van der Waals surface area contributed by atoms with Crippen molar-refractivity contribution in [2.24, 2.45) is 0 Å². The second-order valence-corrected chi connectivity index (χ2v) is 8.88. The second kappa shape index (κ2) is 8.24. The molecule has 0 aromatic heterocycles. The quantitative estimate of drug-likeness (QED) is 0.648. The molecule has 2 aliphatic rings. The van der Waals surface area contributed by atoms with E-state index in [0.29, 0.717) is 47.2 Å². The maximum Gasteiger partial charge on any atom is 0.254 e. The van der Waals surface area contributed by atoms with E-state index in [2.05, 4.69) is 9.74 Å². The zero-order valence-electron chi connectivity index (χ0n) is 17.6. The number of halogens is 1. The number of anilines is 1. The number of ether oxygens (including phenoxy) is 1. The van der Waals surface area contributed by atoms with Crippen molar-refractivity contribution < 1.29 is 14.3 Å². The van der Waals surface area contributed by atoms with Gasteiger partial charge in [-0.15, -0.1) is 0 Å². The van der Waals surface area contributed by atoms with Crippen molar-refractivity contribution in [3.8, 4) is 5.75 Å². The minimum Gasteiger partial charge on any atom is -0.486 e. The van der Waals surface area contributed by atoms with Crippen LogP contribution < -0.4 is 9.64 Å². The Morgan fingerprint density at radius 1 is 1.16 bits per heavy atom. The number of hydrogen-bond acceptors (Lipinski definition) is 4. The molecule has 0 N–H and O–H groups in total. The molecule has 0 unspecified atom stereocenters. The topological polar surface area (TPSA) is 54.2 Å². The van der Waals surface area contributed by atoms with Crippen LogP contribution in [0.1, 0.15) is 37.0 Å². The Morgan fingerprint density at radius 3 is 2.42 bits per heavy atom. The van der Waals surface area contributed by atoms with Gasteiger partial charge in [0.05, 0.1) is 23.7 Å². The third-order valence-corrected chi connectivity index (χ3v) is 6.50. The SMILES string of the molecule is [C-]#[N+]c1ccc(O[C@H]2CN(C(=O)c3ccc(N4CCC(=O)CC4)cc3)C2(C)C)cc1Cl. The van der Waals surface area contributed by atoms with Crippen LogP contribution in [0.25, 0.3) is 4.85 Å². The number of Topliss-reactive ketones (excluding diaryl/α,β-unsaturated/α-hetero) is 1. The molecule has 7 heteroatoms. The van der Waals surface area contributed by atoms with Gasteiger partial charge in [-0.05, 0) is 50.2 Å². The number of amides is 1. The molecule has 1 atom stereocenters. The van der Waals surface area contributed by atoms with Gasteiger partial charge in [-0.1, -0.05) is 17.7 Å². The first-order valence-corrected chi connectivity index (χ1v) is 10.7. The molecule has 4 rings (SSSR count). The molecule has 1 amide bonds. The fraction of sp³-hybridized carbons (Fsp3) is 0.375. The summed E-state index contributed by atoms with van der Waals surface area (Å²) in [5.41, 5.74) is 1.58. The van der Waals surface area contributed by atoms with Crippen molar-refractivity contribution in [2.75, 3.05) is 24.5 Å². The van der Waals surface area contributed by atoms with Crippen LogP contribution in [0.5, 0.6) is 5.75 Å². The van der Waals surface area contributed by atoms with Crippen LogP contribution >= 0.6 is 11.6 Å². The predicted octanol–water partition coefficient (Wildman–Crippen LogP) is 4.74. The molecule has 2 fully saturated rings. The third kappa shape index (κ3) is 4.11. The van der Waals surface area contributed by atoms with Crippen LogP contribution in [-0.4, -0.2) is 47.9 Å². The minimum absolute atomic E-state index is 0.0355. The number of hydrogen-bond donors (Lipinski definition) is 0. The molecule has 2 aromatic rings. The Bertz CT molecular complexity index is 1050. The van der Waals surface area contributed by atoms with E-state index in [4.69, 9.17) is 22.9 Å². The summed E-state index contributed by atoms with van der Waals surface area (Å²) in [5.74, 6) is 0.864. The second-order valence-electron chi connectivity index (χ2n) is 8.47. The average molecular weight is 438 g/mol. The molecule has 0 aliphatic carbocycles. The molecule has 0 radical (unpaired) electrons. The number of carbonyl (C=O) groups excluding carboxylic acids is 2. The molecule has 31 heavy (non-hydrogen) atoms. The molecular weight excluding hydrogens is 414 g/mol. The summed E-state index contributed by atoms with van der Waals surface area (Å²) in [6, 6.07) is 12.6. The lowest BCUT2D eigenvalue weighted by atomic mass is 9.84. The highest BCUT2D eigenvalue weighted by Crippen LogP contribution is 2.37. The molecular formula is C24H24ClN3O3. The molecule has 2 heterocycles. The average Bonchev–Trinajstić information content (AvgIpc) is 2.77. The largest absolute Gasteiger partial charge is 0.486 e. The van der Waals surface area contributed by atoms with Gasteiger partial charge in [0.15, 0.2) is 0 Å². The van der Waals surface area contributed by atoms with Gasteiger partial charge in [-0.3, -0.25) is 9.59 Å². The van der Waals surface area contributed by atoms with E-state index < -0.39 is 5.54 Å². The fourth-order valence-corrected chi connectivity index (χ4v) is 4.23. The lowest BCUT2D eigenvalue weighted by Gasteiger charge is -2.54. The third-order valence-electron chi connectivity index (χ3n) is 6.20. The molecule has 0 saturated carbocycles. The monoisotopic (exact) mass is 437 g/mol. The van der Waals surface area contributed by atoms with Gasteiger partial charge in [0.1, 0.15) is 17.6 Å². The van der Waals surface area contributed by atoms with Crippen LogP contribution in [0.3, 0.4) is 0 Å². The molecule has 2 aromatic carbocycles. The van der Waals surface area contributed by atoms with Crippen LogP contribution in [0.4, 0.5) is 11.4 Å². The van der Waals surface area contributed by atoms with Crippen molar-refractivity contribution in [2.45, 2.75) is 38.3 Å². The molecule has 2 aliphatic heterocycles. The van der Waals surface area contributed by atoms with E-state index in [-0.39, 0.29) is 12.0 Å². The number of nitrogens with zero attached hydrogens (tertiary/aromatic N) is 3. The fourth-order valence-electron chi connectivity index (χ4n) is 4.01. The smallest absolute Gasteiger partial charge is 0.254 e. The number of ketones is 1. The van der Waals surface area contributed by atoms with Crippen molar-refractivity contribution in [1.82, 2.24) is 4.90 Å². The van der Waals surface area contributed by atoms with E-state index in [9.17, 15) is 9.59 Å². The first-order valence-electron chi connectivity index (χ1n) is 10.3. The highest BCUT2D eigenvalue weighted by atomic mass is 35.5. The Morgan fingerprint density at radius 2 is 1.84 bits per heavy atom. The predicted molar refractivity (Wildman–Crippen MR) is 120 cm³/mol. The Balaban J connectivity index is 1.40. The van der Waals surface area contributed by atoms with Crippen molar-refractivity contribution in [1.29, 1.82) is 0 Å². The number of benzene rings is 2. The van der Waals surface area contributed by atoms with E-state index in [0.717, 1.165) is 18.8 Å². The van der Waals surface area contributed by atoms with Gasteiger partial charge >= 0.3 is 0 Å². The lowest BCUT2D eigenvalue weighted by Crippen LogP contribution is -2.71. The molecule has 160 valence electrons. The van der Waals surface area contributed by atoms with Gasteiger partial charge in [-0.25, -0.2) is 4.85 Å². The zero-order valence-corrected chi connectivity index (χ0v) is 18.4. The van der Waals surface area contributed by atoms with Gasteiger partial charge in [0.2, 0.25) is 5.69 Å². The van der Waals surface area contributed by atoms with Crippen LogP contribution in [-0.2, 0) is 4.79 Å². The van der Waals surface area contributed by atoms with Gasteiger partial charge in [0, 0.05) is 37.2 Å². The maximum atomic E-state index is 13.1. The summed E-state index contributed by atoms with van der Waals surface area (Å²) in [7, 11) is 0. The number of rotatable bonds is 4. The summed E-state index contributed by atoms with van der Waals surface area (Å²) in [5, 5.41) is 0.357. The summed E-state index contributed by atoms with van der Waals surface area (Å²) in [4.78, 5) is 31.8. The minimum atomic E-state index is -0.478. The summed E-state index contributed by atoms with van der Waals surface area (Å²) in [6.07, 6.45) is 0.989. The molecule has 0 spiro atoms. The van der Waals surface area contributed by atoms with Crippen LogP contribution in [0.15, 0.2) is 42.5 Å². The van der Waals surface area contributed by atoms with E-state index in [1.54, 1.807) is 23.1 Å². The van der Waals surface area contributed by atoms with E-state index in [1.807, 2.05) is 38.1 Å². The summed E-state index contributed by atoms with van der Waals surface area (Å²) >= 11 is 6.10. The Hall–Kier alpha value is -3.04. The number of piperidine rings is 1. The Kier molecular flexibility index (Phi) is 5.63. The number of likely N-dealkylation sites (tertiary alicyclic amines) is 1. The Labute approximate surface area is 187 Å². The van der Waals surface area contributed by atoms with Gasteiger partial charge in [0.25, 0.3) is 5.91 Å². The summed E-state index contributed by atoms with van der Waals surface area (Å²) in [6.45, 7) is 13.0. The van der Waals surface area contributed by atoms with Crippen molar-refractivity contribution in [3.05, 3.63) is 64.5 Å². The van der Waals surface area contributed by atoms with Crippen molar-refractivity contribution >= 4 is 34.7 Å². The highest BCUT2D eigenvalue weighted by molar-refractivity contribution is 6.33. The molecule has 0 bridgehead atoms. The zero-order chi connectivity index (χ0) is 22.2. The lowest BCUT2D eigenvalue weighted by molar-refractivity contribution is -0.119. The van der Waals surface area contributed by atoms with Gasteiger partial charge in [-0.2, -0.15) is 0 Å². The summed E-state index contributed by atoms with van der Waals surface area (Å²) < 4.78 is 6.05. The van der Waals surface area contributed by atoms with Crippen molar-refractivity contribution in [3.63, 3.8) is 0 Å². The van der Waals surface area contributed by atoms with E-state index >= 15 is 0 Å². The van der Waals surface area contributed by atoms with E-state index in [1.165, 1.54) is 0 Å². The van der Waals surface area contributed by atoms with Crippen LogP contribution in [0, 0.1) is 6.57 Å². The maximum absolute atomic E-state index is 13.1.